The number of hydrogen-bond donors (Lipinski definition) is 0. The van der Waals surface area contributed by atoms with Crippen molar-refractivity contribution < 1.29 is 8.85 Å². The van der Waals surface area contributed by atoms with Crippen LogP contribution in [0.4, 0.5) is 0 Å². The van der Waals surface area contributed by atoms with E-state index in [9.17, 15) is 0 Å². The number of hydrogen-bond acceptors (Lipinski definition) is 2. The summed E-state index contributed by atoms with van der Waals surface area (Å²) in [6.45, 7) is 1.88. The topological polar surface area (TPSA) is 9.23 Å². The van der Waals surface area contributed by atoms with Crippen molar-refractivity contribution in [3.05, 3.63) is 23.8 Å². The van der Waals surface area contributed by atoms with Crippen LogP contribution in [0.15, 0.2) is 23.1 Å². The molecule has 0 aliphatic heterocycles. The molecule has 0 amide bonds. The van der Waals surface area contributed by atoms with Gasteiger partial charge >= 0.3 is 0 Å². The minimum atomic E-state index is -2.00. The lowest BCUT2D eigenvalue weighted by Crippen LogP contribution is -1.84. The van der Waals surface area contributed by atoms with Crippen molar-refractivity contribution in [1.29, 1.82) is 0 Å². The van der Waals surface area contributed by atoms with Crippen LogP contribution in [-0.2, 0) is 0 Å². The number of benzene rings is 1. The van der Waals surface area contributed by atoms with E-state index in [1.54, 1.807) is 13.2 Å². The Bertz CT molecular complexity index is 322. The average molecular weight is 170 g/mol. The maximum absolute atomic E-state index is 7.15. The van der Waals surface area contributed by atoms with E-state index in [-0.39, 0.29) is 0 Å². The first kappa shape index (κ1) is 5.09. The zero-order valence-corrected chi connectivity index (χ0v) is 7.37. The van der Waals surface area contributed by atoms with Crippen molar-refractivity contribution in [1.82, 2.24) is 0 Å². The van der Waals surface area contributed by atoms with Gasteiger partial charge in [-0.05, 0) is 30.8 Å². The number of thioether (sulfide) groups is 1. The van der Waals surface area contributed by atoms with E-state index in [2.05, 4.69) is 0 Å². The molecule has 0 aromatic heterocycles. The molecule has 0 saturated carbocycles. The van der Waals surface area contributed by atoms with Gasteiger partial charge in [0.15, 0.2) is 0 Å². The van der Waals surface area contributed by atoms with Crippen molar-refractivity contribution >= 4 is 11.8 Å². The summed E-state index contributed by atoms with van der Waals surface area (Å²) in [6.07, 6.45) is -2.00. The highest BCUT2D eigenvalue weighted by Gasteiger charge is 1.97. The van der Waals surface area contributed by atoms with Crippen LogP contribution in [0.25, 0.3) is 0 Å². The second kappa shape index (κ2) is 3.67. The predicted molar refractivity (Wildman–Crippen MR) is 49.5 cm³/mol. The van der Waals surface area contributed by atoms with Gasteiger partial charge in [0, 0.05) is 9.01 Å². The molecule has 0 unspecified atom stereocenters. The smallest absolute Gasteiger partial charge is 0.119 e. The highest BCUT2D eigenvalue weighted by atomic mass is 32.2. The zero-order valence-electron chi connectivity index (χ0n) is 9.55. The molecule has 2 heteroatoms. The fourth-order valence-corrected chi connectivity index (χ4v) is 1.22. The summed E-state index contributed by atoms with van der Waals surface area (Å²) in [7, 11) is 1.56. The zero-order chi connectivity index (χ0) is 10.8. The third kappa shape index (κ3) is 1.90. The number of rotatable bonds is 2. The summed E-state index contributed by atoms with van der Waals surface area (Å²) in [6, 6.07) is 5.41. The van der Waals surface area contributed by atoms with Crippen molar-refractivity contribution in [2.24, 2.45) is 0 Å². The number of ether oxygens (including phenoxy) is 1. The second-order valence-electron chi connectivity index (χ2n) is 2.23. The van der Waals surface area contributed by atoms with Crippen molar-refractivity contribution in [2.45, 2.75) is 11.8 Å². The van der Waals surface area contributed by atoms with Gasteiger partial charge in [0.25, 0.3) is 0 Å². The summed E-state index contributed by atoms with van der Waals surface area (Å²) in [5.74, 6) is 0.683. The minimum absolute atomic E-state index is 0.683. The Balaban J connectivity index is 2.95. The lowest BCUT2D eigenvalue weighted by molar-refractivity contribution is 0.413. The van der Waals surface area contributed by atoms with Crippen molar-refractivity contribution in [3.8, 4) is 5.75 Å². The normalized spacial score (nSPS) is 14.9. The fraction of sp³-hybridized carbons (Fsp3) is 0.333. The molecular weight excluding hydrogens is 157 g/mol. The second-order valence-corrected chi connectivity index (χ2v) is 2.88. The van der Waals surface area contributed by atoms with Gasteiger partial charge in [0.1, 0.15) is 5.75 Å². The SMILES string of the molecule is [1H][13C]([1H])([2H])Sc1cc(OC)ccc1C. The Labute approximate surface area is 76.0 Å². The molecule has 0 aliphatic rings. The van der Waals surface area contributed by atoms with Gasteiger partial charge in [-0.15, -0.1) is 11.8 Å². The Morgan fingerprint density at radius 2 is 2.55 bits per heavy atom. The third-order valence-corrected chi connectivity index (χ3v) is 2.17. The summed E-state index contributed by atoms with van der Waals surface area (Å²) in [4.78, 5) is 0.740. The van der Waals surface area contributed by atoms with Gasteiger partial charge in [-0.25, -0.2) is 0 Å². The van der Waals surface area contributed by atoms with Crippen LogP contribution in [-0.4, -0.2) is 13.3 Å². The number of methoxy groups -OCH3 is 1. The summed E-state index contributed by atoms with van der Waals surface area (Å²) < 4.78 is 26.5. The first-order valence-electron chi connectivity index (χ1n) is 4.76. The predicted octanol–water partition coefficient (Wildman–Crippen LogP) is 2.73. The van der Waals surface area contributed by atoms with Gasteiger partial charge in [-0.3, -0.25) is 0 Å². The summed E-state index contributed by atoms with van der Waals surface area (Å²) >= 11 is 0.877. The van der Waals surface area contributed by atoms with E-state index in [4.69, 9.17) is 8.85 Å². The molecule has 0 N–H and O–H groups in total. The summed E-state index contributed by atoms with van der Waals surface area (Å²) in [5, 5.41) is 0. The first-order valence-corrected chi connectivity index (χ1v) is 4.08. The van der Waals surface area contributed by atoms with Crippen LogP contribution in [0.1, 0.15) is 9.68 Å². The highest BCUT2D eigenvalue weighted by molar-refractivity contribution is 7.98. The Morgan fingerprint density at radius 1 is 1.73 bits per heavy atom. The molecule has 1 aromatic rings. The van der Waals surface area contributed by atoms with E-state index in [1.807, 2.05) is 19.1 Å². The van der Waals surface area contributed by atoms with Gasteiger partial charge in [0.2, 0.25) is 0 Å². The molecule has 1 aromatic carbocycles. The van der Waals surface area contributed by atoms with Gasteiger partial charge in [-0.1, -0.05) is 6.07 Å². The Morgan fingerprint density at radius 3 is 3.18 bits per heavy atom. The lowest BCUT2D eigenvalue weighted by Gasteiger charge is -2.04. The van der Waals surface area contributed by atoms with Gasteiger partial charge in [0.05, 0.1) is 7.11 Å². The molecule has 0 saturated heterocycles. The molecule has 0 atom stereocenters. The molecule has 0 fully saturated rings. The van der Waals surface area contributed by atoms with Gasteiger partial charge < -0.3 is 4.74 Å². The van der Waals surface area contributed by atoms with Crippen LogP contribution < -0.4 is 4.74 Å². The largest absolute Gasteiger partial charge is 0.497 e. The maximum Gasteiger partial charge on any atom is 0.119 e. The lowest BCUT2D eigenvalue weighted by atomic mass is 10.2. The molecule has 0 heterocycles. The molecule has 0 spiro atoms. The van der Waals surface area contributed by atoms with Crippen LogP contribution >= 0.6 is 11.8 Å². The third-order valence-electron chi connectivity index (χ3n) is 1.51. The molecule has 1 rings (SSSR count). The van der Waals surface area contributed by atoms with Crippen molar-refractivity contribution in [2.75, 3.05) is 13.3 Å². The van der Waals surface area contributed by atoms with Crippen LogP contribution in [0, 0.1) is 6.92 Å². The fourth-order valence-electron chi connectivity index (χ4n) is 0.817. The van der Waals surface area contributed by atoms with Crippen LogP contribution in [0.5, 0.6) is 5.75 Å². The Kier molecular flexibility index (Phi) is 1.70. The quantitative estimate of drug-likeness (QED) is 0.498. The van der Waals surface area contributed by atoms with E-state index in [0.29, 0.717) is 5.75 Å². The molecule has 0 radical (unpaired) electrons. The molecule has 11 heavy (non-hydrogen) atoms. The van der Waals surface area contributed by atoms with Crippen LogP contribution in [0.2, 0.25) is 0 Å². The standard InChI is InChI=1S/C9H12OS/c1-7-4-5-8(10-2)6-9(7)11-3/h4-6H,1-3H3/i3+1DH2. The van der Waals surface area contributed by atoms with Crippen molar-refractivity contribution in [3.63, 3.8) is 0 Å². The van der Waals surface area contributed by atoms with E-state index in [1.165, 1.54) is 0 Å². The van der Waals surface area contributed by atoms with E-state index < -0.39 is 6.18 Å². The minimum Gasteiger partial charge on any atom is -0.497 e. The number of aryl methyl sites for hydroxylation is 1. The van der Waals surface area contributed by atoms with E-state index >= 15 is 0 Å². The Hall–Kier alpha value is -0.630. The monoisotopic (exact) mass is 170 g/mol. The van der Waals surface area contributed by atoms with Gasteiger partial charge in [-0.2, -0.15) is 0 Å². The van der Waals surface area contributed by atoms with E-state index in [0.717, 1.165) is 22.2 Å². The first-order chi connectivity index (χ1) is 6.42. The molecular formula is C9H12OS. The summed E-state index contributed by atoms with van der Waals surface area (Å²) in [5.41, 5.74) is 0.951. The molecule has 60 valence electrons. The van der Waals surface area contributed by atoms with Crippen LogP contribution in [0.3, 0.4) is 0 Å². The average Bonchev–Trinajstić information content (AvgIpc) is 2.06. The molecule has 0 aliphatic carbocycles. The molecule has 0 bridgehead atoms. The molecule has 1 nitrogen and oxygen atoms in total. The highest BCUT2D eigenvalue weighted by Crippen LogP contribution is 2.24. The maximum atomic E-state index is 7.15.